The molecule has 0 radical (unpaired) electrons. The van der Waals surface area contributed by atoms with E-state index in [2.05, 4.69) is 29.1 Å². The molecular formula is C37H58FN4O7P. The van der Waals surface area contributed by atoms with E-state index in [0.717, 1.165) is 37.2 Å². The van der Waals surface area contributed by atoms with Gasteiger partial charge in [0.2, 0.25) is 0 Å². The molecule has 1 aliphatic rings. The Morgan fingerprint density at radius 3 is 2.30 bits per heavy atom. The van der Waals surface area contributed by atoms with E-state index in [1.807, 2.05) is 0 Å². The minimum absolute atomic E-state index is 0.0416. The fourth-order valence-electron chi connectivity index (χ4n) is 5.87. The van der Waals surface area contributed by atoms with Crippen LogP contribution in [0.15, 0.2) is 59.5 Å². The first kappa shape index (κ1) is 41.5. The number of para-hydroxylation sites is 1. The zero-order chi connectivity index (χ0) is 36.2. The lowest BCUT2D eigenvalue weighted by Gasteiger charge is -2.25. The third-order valence-corrected chi connectivity index (χ3v) is 10.4. The molecule has 1 aromatic heterocycles. The highest BCUT2D eigenvalue weighted by molar-refractivity contribution is 7.52. The number of unbranched alkanes of at least 4 members (excludes halogenated alkanes) is 11. The Kier molecular flexibility index (Phi) is 18.4. The smallest absolute Gasteiger partial charge is 0.413 e. The topological polar surface area (TPSA) is 155 Å². The third-order valence-electron chi connectivity index (χ3n) is 8.85. The van der Waals surface area contributed by atoms with Crippen LogP contribution < -0.4 is 21.0 Å². The molecule has 0 bridgehead atoms. The van der Waals surface area contributed by atoms with E-state index in [0.29, 0.717) is 19.3 Å². The molecule has 0 aliphatic carbocycles. The maximum absolute atomic E-state index is 15.6. The summed E-state index contributed by atoms with van der Waals surface area (Å²) in [5, 5.41) is 13.5. The Hall–Kier alpha value is -2.89. The molecule has 2 aromatic rings. The van der Waals surface area contributed by atoms with Crippen molar-refractivity contribution >= 4 is 19.3 Å². The Balaban J connectivity index is 1.36. The van der Waals surface area contributed by atoms with Gasteiger partial charge in [0.1, 0.15) is 29.6 Å². The van der Waals surface area contributed by atoms with Gasteiger partial charge < -0.3 is 20.1 Å². The van der Waals surface area contributed by atoms with Gasteiger partial charge in [-0.1, -0.05) is 88.6 Å². The lowest BCUT2D eigenvalue weighted by Crippen LogP contribution is -2.43. The van der Waals surface area contributed by atoms with Crippen molar-refractivity contribution in [3.05, 3.63) is 65.2 Å². The van der Waals surface area contributed by atoms with Gasteiger partial charge in [0.15, 0.2) is 11.9 Å². The number of ketones is 1. The molecule has 1 aromatic carbocycles. The molecule has 11 nitrogen and oxygen atoms in total. The number of nitrogens with zero attached hydrogens (tertiary/aromatic N) is 2. The summed E-state index contributed by atoms with van der Waals surface area (Å²) in [6.45, 7) is 2.98. The molecule has 1 aliphatic heterocycles. The second-order valence-electron chi connectivity index (χ2n) is 13.2. The monoisotopic (exact) mass is 720 g/mol. The lowest BCUT2D eigenvalue weighted by molar-refractivity contribution is -0.119. The van der Waals surface area contributed by atoms with Crippen molar-refractivity contribution in [1.82, 2.24) is 14.6 Å². The highest BCUT2D eigenvalue weighted by Crippen LogP contribution is 2.47. The molecule has 13 heteroatoms. The quantitative estimate of drug-likeness (QED) is 0.0495. The van der Waals surface area contributed by atoms with Crippen LogP contribution in [0.2, 0.25) is 0 Å². The molecule has 4 N–H and O–H groups in total. The van der Waals surface area contributed by atoms with Crippen LogP contribution in [0.3, 0.4) is 0 Å². The number of halogens is 1. The average Bonchev–Trinajstić information content (AvgIpc) is 3.31. The van der Waals surface area contributed by atoms with E-state index in [9.17, 15) is 19.3 Å². The van der Waals surface area contributed by atoms with Gasteiger partial charge in [0.25, 0.3) is 0 Å². The molecule has 0 spiro atoms. The summed E-state index contributed by atoms with van der Waals surface area (Å²) in [6.07, 6.45) is 18.2. The predicted octanol–water partition coefficient (Wildman–Crippen LogP) is 7.99. The van der Waals surface area contributed by atoms with Gasteiger partial charge in [-0.05, 0) is 63.6 Å². The number of alkyl halides is 1. The zero-order valence-electron chi connectivity index (χ0n) is 29.8. The first-order chi connectivity index (χ1) is 24.1. The SMILES string of the molecule is CCCCCCCC/C=C\CCCCCCCC(=O)CCCNP(=O)(OC[C@H]1O[C@@H](n2ccc(N)nc2=O)[C@](C)(F)[C@@H]1O)Oc1ccccc1. The second kappa shape index (κ2) is 22.1. The number of nitrogens with two attached hydrogens (primary N) is 1. The number of anilines is 1. The number of hydrogen-bond acceptors (Lipinski definition) is 9. The Bertz CT molecular complexity index is 1410. The summed E-state index contributed by atoms with van der Waals surface area (Å²) in [4.78, 5) is 28.4. The lowest BCUT2D eigenvalue weighted by atomic mass is 9.98. The maximum atomic E-state index is 15.6. The number of carbonyl (C=O) groups excluding carboxylic acids is 1. The number of nitrogens with one attached hydrogen (secondary N) is 1. The summed E-state index contributed by atoms with van der Waals surface area (Å²) in [5.74, 6) is 0.372. The number of carbonyl (C=O) groups is 1. The first-order valence-corrected chi connectivity index (χ1v) is 19.9. The van der Waals surface area contributed by atoms with Gasteiger partial charge >= 0.3 is 13.4 Å². The Labute approximate surface area is 296 Å². The van der Waals surface area contributed by atoms with Crippen LogP contribution in [-0.4, -0.2) is 51.5 Å². The van der Waals surface area contributed by atoms with Crippen molar-refractivity contribution in [3.63, 3.8) is 0 Å². The summed E-state index contributed by atoms with van der Waals surface area (Å²) in [7, 11) is -4.06. The van der Waals surface area contributed by atoms with E-state index < -0.39 is 44.1 Å². The molecule has 1 unspecified atom stereocenters. The number of ether oxygens (including phenoxy) is 1. The van der Waals surface area contributed by atoms with Gasteiger partial charge in [0, 0.05) is 25.6 Å². The second-order valence-corrected chi connectivity index (χ2v) is 15.0. The summed E-state index contributed by atoms with van der Waals surface area (Å²) in [6, 6.07) is 9.69. The van der Waals surface area contributed by atoms with Crippen molar-refractivity contribution in [2.24, 2.45) is 0 Å². The number of aliphatic hydroxyl groups excluding tert-OH is 1. The minimum Gasteiger partial charge on any atom is -0.413 e. The van der Waals surface area contributed by atoms with E-state index in [1.165, 1.54) is 70.1 Å². The van der Waals surface area contributed by atoms with Crippen LogP contribution in [0, 0.1) is 0 Å². The molecule has 280 valence electrons. The summed E-state index contributed by atoms with van der Waals surface area (Å²) < 4.78 is 47.3. The van der Waals surface area contributed by atoms with Gasteiger partial charge in [-0.2, -0.15) is 4.98 Å². The van der Waals surface area contributed by atoms with E-state index >= 15 is 4.39 Å². The van der Waals surface area contributed by atoms with Crippen molar-refractivity contribution in [2.45, 2.75) is 141 Å². The van der Waals surface area contributed by atoms with E-state index in [-0.39, 0.29) is 23.9 Å². The molecule has 1 saturated heterocycles. The van der Waals surface area contributed by atoms with Crippen LogP contribution in [-0.2, 0) is 18.6 Å². The third kappa shape index (κ3) is 14.4. The van der Waals surface area contributed by atoms with Crippen LogP contribution in [0.25, 0.3) is 0 Å². The van der Waals surface area contributed by atoms with E-state index in [1.54, 1.807) is 30.3 Å². The number of Topliss-reactive ketones (excluding diaryl/α,β-unsaturated/α-hetero) is 1. The number of rotatable bonds is 26. The molecule has 0 amide bonds. The number of allylic oxidation sites excluding steroid dienone is 2. The van der Waals surface area contributed by atoms with Crippen molar-refractivity contribution < 1.29 is 32.6 Å². The average molecular weight is 721 g/mol. The number of aliphatic hydroxyl groups is 1. The Morgan fingerprint density at radius 2 is 1.64 bits per heavy atom. The van der Waals surface area contributed by atoms with Crippen molar-refractivity contribution in [2.75, 3.05) is 18.9 Å². The Morgan fingerprint density at radius 1 is 1.02 bits per heavy atom. The molecule has 5 atom stereocenters. The standard InChI is InChI=1S/C37H58FN4O7P/c1-3-4-5-6-7-8-9-10-11-12-13-14-15-16-18-22-30(43)23-21-27-40-50(46,49-31-24-19-17-20-25-31)47-29-32-34(44)37(2,38)35(48-32)42-28-26-33(39)41-36(42)45/h10-11,17,19-20,24-26,28,32,34-35,44H,3-9,12-16,18,21-23,27,29H2,1-2H3,(H,40,46)(H2,39,41,45)/b11-10-/t32-,34-,35-,37-,50?/m1/s1. The molecule has 50 heavy (non-hydrogen) atoms. The molecule has 2 heterocycles. The normalized spacial score (nSPS) is 21.8. The van der Waals surface area contributed by atoms with Gasteiger partial charge in [0.05, 0.1) is 6.61 Å². The highest BCUT2D eigenvalue weighted by atomic mass is 31.2. The zero-order valence-corrected chi connectivity index (χ0v) is 30.7. The van der Waals surface area contributed by atoms with Crippen LogP contribution in [0.1, 0.15) is 123 Å². The first-order valence-electron chi connectivity index (χ1n) is 18.3. The fourth-order valence-corrected chi connectivity index (χ4v) is 7.25. The van der Waals surface area contributed by atoms with E-state index in [4.69, 9.17) is 19.5 Å². The van der Waals surface area contributed by atoms with Crippen LogP contribution in [0.4, 0.5) is 10.2 Å². The summed E-state index contributed by atoms with van der Waals surface area (Å²) >= 11 is 0. The molecular weight excluding hydrogens is 662 g/mol. The minimum atomic E-state index is -4.06. The highest BCUT2D eigenvalue weighted by Gasteiger charge is 2.55. The predicted molar refractivity (Wildman–Crippen MR) is 195 cm³/mol. The number of aromatic nitrogens is 2. The van der Waals surface area contributed by atoms with Gasteiger partial charge in [-0.3, -0.25) is 13.9 Å². The van der Waals surface area contributed by atoms with Gasteiger partial charge in [-0.15, -0.1) is 0 Å². The fraction of sp³-hybridized carbons (Fsp3) is 0.649. The number of nitrogen functional groups attached to an aromatic ring is 1. The van der Waals surface area contributed by atoms with Crippen LogP contribution in [0.5, 0.6) is 5.75 Å². The van der Waals surface area contributed by atoms with Crippen molar-refractivity contribution in [3.8, 4) is 5.75 Å². The largest absolute Gasteiger partial charge is 0.458 e. The van der Waals surface area contributed by atoms with Gasteiger partial charge in [-0.25, -0.2) is 18.8 Å². The maximum Gasteiger partial charge on any atom is 0.458 e. The number of benzene rings is 1. The number of hydrogen-bond donors (Lipinski definition) is 3. The van der Waals surface area contributed by atoms with Crippen molar-refractivity contribution in [1.29, 1.82) is 0 Å². The summed E-state index contributed by atoms with van der Waals surface area (Å²) in [5.41, 5.74) is 2.29. The molecule has 1 fully saturated rings. The molecule has 0 saturated carbocycles. The molecule has 3 rings (SSSR count). The van der Waals surface area contributed by atoms with Crippen LogP contribution >= 0.6 is 7.75 Å².